The Labute approximate surface area is 122 Å². The van der Waals surface area contributed by atoms with Crippen LogP contribution in [0.5, 0.6) is 5.75 Å². The van der Waals surface area contributed by atoms with Crippen LogP contribution < -0.4 is 9.64 Å². The molecule has 0 bridgehead atoms. The first kappa shape index (κ1) is 13.1. The Morgan fingerprint density at radius 3 is 2.85 bits per heavy atom. The molecule has 1 aliphatic rings. The van der Waals surface area contributed by atoms with Crippen molar-refractivity contribution in [2.75, 3.05) is 18.0 Å². The molecule has 5 nitrogen and oxygen atoms in total. The molecule has 2 aromatic heterocycles. The van der Waals surface area contributed by atoms with Crippen molar-refractivity contribution in [1.29, 1.82) is 0 Å². The fourth-order valence-electron chi connectivity index (χ4n) is 2.29. The molecule has 0 radical (unpaired) electrons. The maximum Gasteiger partial charge on any atom is 0.225 e. The van der Waals surface area contributed by atoms with Crippen molar-refractivity contribution in [3.05, 3.63) is 41.9 Å². The number of rotatable bonds is 3. The van der Waals surface area contributed by atoms with Gasteiger partial charge in [0.1, 0.15) is 11.9 Å². The highest BCUT2D eigenvalue weighted by Gasteiger charge is 2.23. The van der Waals surface area contributed by atoms with Crippen LogP contribution in [0, 0.1) is 0 Å². The van der Waals surface area contributed by atoms with E-state index < -0.39 is 0 Å². The van der Waals surface area contributed by atoms with Crippen LogP contribution in [-0.2, 0) is 0 Å². The van der Waals surface area contributed by atoms with Gasteiger partial charge in [-0.05, 0) is 25.0 Å². The van der Waals surface area contributed by atoms with E-state index in [9.17, 15) is 0 Å². The van der Waals surface area contributed by atoms with E-state index in [4.69, 9.17) is 16.3 Å². The molecule has 1 aliphatic heterocycles. The van der Waals surface area contributed by atoms with Crippen molar-refractivity contribution in [1.82, 2.24) is 15.0 Å². The summed E-state index contributed by atoms with van der Waals surface area (Å²) in [4.78, 5) is 14.7. The molecule has 3 rings (SSSR count). The molecule has 0 amide bonds. The smallest absolute Gasteiger partial charge is 0.225 e. The number of hydrogen-bond acceptors (Lipinski definition) is 5. The summed E-state index contributed by atoms with van der Waals surface area (Å²) in [5.74, 6) is 1.50. The molecule has 2 aromatic rings. The fraction of sp³-hybridized carbons (Fsp3) is 0.357. The highest BCUT2D eigenvalue weighted by Crippen LogP contribution is 2.20. The van der Waals surface area contributed by atoms with Crippen LogP contribution in [0.3, 0.4) is 0 Å². The van der Waals surface area contributed by atoms with Gasteiger partial charge in [-0.1, -0.05) is 11.6 Å². The summed E-state index contributed by atoms with van der Waals surface area (Å²) in [5, 5.41) is 0.550. The maximum atomic E-state index is 5.94. The number of ether oxygens (including phenoxy) is 1. The summed E-state index contributed by atoms with van der Waals surface area (Å²) < 4.78 is 5.94. The minimum atomic E-state index is 0.132. The molecule has 20 heavy (non-hydrogen) atoms. The molecule has 1 atom stereocenters. The van der Waals surface area contributed by atoms with Crippen LogP contribution in [-0.4, -0.2) is 34.1 Å². The first-order valence-electron chi connectivity index (χ1n) is 6.60. The predicted octanol–water partition coefficient (Wildman–Crippen LogP) is 2.57. The Hall–Kier alpha value is -1.88. The van der Waals surface area contributed by atoms with Crippen molar-refractivity contribution in [2.45, 2.75) is 18.9 Å². The zero-order valence-corrected chi connectivity index (χ0v) is 11.7. The van der Waals surface area contributed by atoms with E-state index in [2.05, 4.69) is 19.9 Å². The van der Waals surface area contributed by atoms with Gasteiger partial charge >= 0.3 is 0 Å². The Bertz CT molecular complexity index is 549. The molecule has 0 spiro atoms. The van der Waals surface area contributed by atoms with Crippen LogP contribution in [0.15, 0.2) is 36.9 Å². The summed E-state index contributed by atoms with van der Waals surface area (Å²) in [5.41, 5.74) is 0. The third-order valence-corrected chi connectivity index (χ3v) is 3.40. The van der Waals surface area contributed by atoms with Gasteiger partial charge in [0.25, 0.3) is 0 Å². The second kappa shape index (κ2) is 6.05. The fourth-order valence-corrected chi connectivity index (χ4v) is 2.39. The Kier molecular flexibility index (Phi) is 3.97. The van der Waals surface area contributed by atoms with Gasteiger partial charge in [-0.3, -0.25) is 4.98 Å². The molecule has 0 saturated carbocycles. The monoisotopic (exact) mass is 290 g/mol. The lowest BCUT2D eigenvalue weighted by Gasteiger charge is -2.32. The largest absolute Gasteiger partial charge is 0.487 e. The van der Waals surface area contributed by atoms with E-state index in [1.807, 2.05) is 12.1 Å². The Morgan fingerprint density at radius 2 is 2.10 bits per heavy atom. The van der Waals surface area contributed by atoms with Gasteiger partial charge in [-0.2, -0.15) is 0 Å². The van der Waals surface area contributed by atoms with Crippen molar-refractivity contribution in [3.63, 3.8) is 0 Å². The molecule has 1 saturated heterocycles. The van der Waals surface area contributed by atoms with E-state index in [1.54, 1.807) is 24.8 Å². The number of pyridine rings is 1. The number of piperidine rings is 1. The predicted molar refractivity (Wildman–Crippen MR) is 77.1 cm³/mol. The maximum absolute atomic E-state index is 5.94. The molecular weight excluding hydrogens is 276 g/mol. The second-order valence-electron chi connectivity index (χ2n) is 4.72. The van der Waals surface area contributed by atoms with Gasteiger partial charge in [0.2, 0.25) is 5.95 Å². The first-order valence-corrected chi connectivity index (χ1v) is 6.98. The highest BCUT2D eigenvalue weighted by molar-refractivity contribution is 6.30. The van der Waals surface area contributed by atoms with Crippen molar-refractivity contribution < 1.29 is 4.74 Å². The molecule has 0 N–H and O–H groups in total. The van der Waals surface area contributed by atoms with Crippen molar-refractivity contribution in [2.24, 2.45) is 0 Å². The van der Waals surface area contributed by atoms with Crippen molar-refractivity contribution >= 4 is 17.5 Å². The molecule has 0 aromatic carbocycles. The van der Waals surface area contributed by atoms with Crippen LogP contribution >= 0.6 is 11.6 Å². The van der Waals surface area contributed by atoms with E-state index in [1.165, 1.54) is 0 Å². The van der Waals surface area contributed by atoms with Crippen LogP contribution in [0.2, 0.25) is 5.02 Å². The lowest BCUT2D eigenvalue weighted by atomic mass is 10.1. The molecule has 1 fully saturated rings. The normalized spacial score (nSPS) is 18.9. The average Bonchev–Trinajstić information content (AvgIpc) is 2.49. The minimum absolute atomic E-state index is 0.132. The van der Waals surface area contributed by atoms with Gasteiger partial charge in [-0.25, -0.2) is 9.97 Å². The summed E-state index contributed by atoms with van der Waals surface area (Å²) in [6.07, 6.45) is 8.92. The number of anilines is 1. The van der Waals surface area contributed by atoms with E-state index in [0.717, 1.165) is 31.7 Å². The quantitative estimate of drug-likeness (QED) is 0.869. The molecule has 6 heteroatoms. The highest BCUT2D eigenvalue weighted by atomic mass is 35.5. The standard InChI is InChI=1S/C14H15ClN4O/c15-11-7-17-14(18-8-11)19-6-2-4-13(10-19)20-12-3-1-5-16-9-12/h1,3,5,7-9,13H,2,4,6,10H2. The molecule has 0 aliphatic carbocycles. The number of hydrogen-bond donors (Lipinski definition) is 0. The van der Waals surface area contributed by atoms with E-state index in [-0.39, 0.29) is 6.10 Å². The minimum Gasteiger partial charge on any atom is -0.487 e. The van der Waals surface area contributed by atoms with Gasteiger partial charge in [0.05, 0.1) is 30.2 Å². The topological polar surface area (TPSA) is 51.1 Å². The van der Waals surface area contributed by atoms with E-state index in [0.29, 0.717) is 11.0 Å². The second-order valence-corrected chi connectivity index (χ2v) is 5.15. The Morgan fingerprint density at radius 1 is 1.25 bits per heavy atom. The average molecular weight is 291 g/mol. The third kappa shape index (κ3) is 3.17. The first-order chi connectivity index (χ1) is 9.81. The lowest BCUT2D eigenvalue weighted by Crippen LogP contribution is -2.42. The molecule has 104 valence electrons. The van der Waals surface area contributed by atoms with Gasteiger partial charge in [0.15, 0.2) is 0 Å². The van der Waals surface area contributed by atoms with Crippen LogP contribution in [0.25, 0.3) is 0 Å². The lowest BCUT2D eigenvalue weighted by molar-refractivity contribution is 0.178. The van der Waals surface area contributed by atoms with Gasteiger partial charge in [0, 0.05) is 12.7 Å². The number of nitrogens with zero attached hydrogens (tertiary/aromatic N) is 4. The van der Waals surface area contributed by atoms with Gasteiger partial charge < -0.3 is 9.64 Å². The van der Waals surface area contributed by atoms with Crippen LogP contribution in [0.4, 0.5) is 5.95 Å². The van der Waals surface area contributed by atoms with Gasteiger partial charge in [-0.15, -0.1) is 0 Å². The molecule has 3 heterocycles. The number of halogens is 1. The SMILES string of the molecule is Clc1cnc(N2CCCC(Oc3cccnc3)C2)nc1. The van der Waals surface area contributed by atoms with Crippen LogP contribution in [0.1, 0.15) is 12.8 Å². The summed E-state index contributed by atoms with van der Waals surface area (Å²) in [6, 6.07) is 3.79. The summed E-state index contributed by atoms with van der Waals surface area (Å²) in [6.45, 7) is 1.71. The molecule has 1 unspecified atom stereocenters. The molecular formula is C14H15ClN4O. The third-order valence-electron chi connectivity index (χ3n) is 3.20. The summed E-state index contributed by atoms with van der Waals surface area (Å²) >= 11 is 5.81. The van der Waals surface area contributed by atoms with Crippen molar-refractivity contribution in [3.8, 4) is 5.75 Å². The Balaban J connectivity index is 1.66. The summed E-state index contributed by atoms with van der Waals surface area (Å²) in [7, 11) is 0. The number of aromatic nitrogens is 3. The zero-order valence-electron chi connectivity index (χ0n) is 10.9. The van der Waals surface area contributed by atoms with E-state index >= 15 is 0 Å². The zero-order chi connectivity index (χ0) is 13.8.